The van der Waals surface area contributed by atoms with Crippen LogP contribution in [0.15, 0.2) is 0 Å². The lowest BCUT2D eigenvalue weighted by atomic mass is 10.1. The summed E-state index contributed by atoms with van der Waals surface area (Å²) in [4.78, 5) is 44.5. The van der Waals surface area contributed by atoms with Gasteiger partial charge in [0.25, 0.3) is 0 Å². The van der Waals surface area contributed by atoms with E-state index in [2.05, 4.69) is 10.6 Å². The maximum absolute atomic E-state index is 11.4. The van der Waals surface area contributed by atoms with E-state index in [1.807, 2.05) is 0 Å². The molecule has 20 heavy (non-hydrogen) atoms. The summed E-state index contributed by atoms with van der Waals surface area (Å²) in [7, 11) is 0. The van der Waals surface area contributed by atoms with E-state index in [0.717, 1.165) is 0 Å². The van der Waals surface area contributed by atoms with Gasteiger partial charge in [-0.15, -0.1) is 0 Å². The zero-order valence-corrected chi connectivity index (χ0v) is 11.4. The van der Waals surface area contributed by atoms with Crippen molar-refractivity contribution in [1.29, 1.82) is 0 Å². The van der Waals surface area contributed by atoms with Gasteiger partial charge in [0.2, 0.25) is 17.7 Å². The standard InChI is InChI=1S/C11H20N4O5/c1-5(12)10(18)15-7(9(13)17)3-4-8(16)14-6(2)11(19)20/h5-7H,3-4,12H2,1-2H3,(H2,13,17)(H,14,16)(H,15,18)(H,19,20)/t5-,6-,7-/m1/s1. The summed E-state index contributed by atoms with van der Waals surface area (Å²) in [5, 5.41) is 13.2. The summed E-state index contributed by atoms with van der Waals surface area (Å²) in [6.45, 7) is 2.75. The Labute approximate surface area is 116 Å². The number of carbonyl (C=O) groups is 4. The second kappa shape index (κ2) is 8.10. The Bertz CT molecular complexity index is 396. The maximum Gasteiger partial charge on any atom is 0.325 e. The maximum atomic E-state index is 11.4. The average molecular weight is 288 g/mol. The number of hydrogen-bond donors (Lipinski definition) is 5. The number of carboxylic acids is 1. The van der Waals surface area contributed by atoms with Gasteiger partial charge in [-0.05, 0) is 20.3 Å². The van der Waals surface area contributed by atoms with Crippen molar-refractivity contribution in [2.45, 2.75) is 44.8 Å². The van der Waals surface area contributed by atoms with Crippen molar-refractivity contribution in [2.24, 2.45) is 11.5 Å². The van der Waals surface area contributed by atoms with Gasteiger partial charge in [-0.3, -0.25) is 19.2 Å². The molecule has 0 spiro atoms. The number of primary amides is 1. The minimum Gasteiger partial charge on any atom is -0.480 e. The third kappa shape index (κ3) is 6.69. The Morgan fingerprint density at radius 1 is 1.15 bits per heavy atom. The van der Waals surface area contributed by atoms with Crippen LogP contribution >= 0.6 is 0 Å². The largest absolute Gasteiger partial charge is 0.480 e. The number of amides is 3. The molecule has 0 aliphatic carbocycles. The topological polar surface area (TPSA) is 165 Å². The SMILES string of the molecule is C[C@@H](N)C(=O)N[C@H](CCC(=O)N[C@H](C)C(=O)O)C(N)=O. The summed E-state index contributed by atoms with van der Waals surface area (Å²) >= 11 is 0. The number of rotatable bonds is 8. The van der Waals surface area contributed by atoms with Crippen LogP contribution in [-0.4, -0.2) is 46.9 Å². The molecule has 7 N–H and O–H groups in total. The first-order valence-corrected chi connectivity index (χ1v) is 6.02. The van der Waals surface area contributed by atoms with Crippen molar-refractivity contribution < 1.29 is 24.3 Å². The Morgan fingerprint density at radius 2 is 1.70 bits per heavy atom. The van der Waals surface area contributed by atoms with Gasteiger partial charge in [0.15, 0.2) is 0 Å². The fraction of sp³-hybridized carbons (Fsp3) is 0.636. The highest BCUT2D eigenvalue weighted by atomic mass is 16.4. The molecule has 0 aromatic rings. The number of nitrogens with one attached hydrogen (secondary N) is 2. The lowest BCUT2D eigenvalue weighted by Crippen LogP contribution is -2.50. The molecule has 0 saturated carbocycles. The van der Waals surface area contributed by atoms with E-state index in [1.165, 1.54) is 13.8 Å². The van der Waals surface area contributed by atoms with Crippen LogP contribution in [-0.2, 0) is 19.2 Å². The van der Waals surface area contributed by atoms with E-state index in [0.29, 0.717) is 0 Å². The summed E-state index contributed by atoms with van der Waals surface area (Å²) in [5.41, 5.74) is 10.4. The average Bonchev–Trinajstić information content (AvgIpc) is 2.33. The van der Waals surface area contributed by atoms with Gasteiger partial charge < -0.3 is 27.2 Å². The smallest absolute Gasteiger partial charge is 0.325 e. The zero-order chi connectivity index (χ0) is 15.9. The van der Waals surface area contributed by atoms with Crippen LogP contribution < -0.4 is 22.1 Å². The fourth-order valence-electron chi connectivity index (χ4n) is 1.24. The van der Waals surface area contributed by atoms with E-state index in [4.69, 9.17) is 16.6 Å². The van der Waals surface area contributed by atoms with Crippen LogP contribution in [0.1, 0.15) is 26.7 Å². The fourth-order valence-corrected chi connectivity index (χ4v) is 1.24. The monoisotopic (exact) mass is 288 g/mol. The van der Waals surface area contributed by atoms with Crippen molar-refractivity contribution in [1.82, 2.24) is 10.6 Å². The Kier molecular flexibility index (Phi) is 7.22. The quantitative estimate of drug-likeness (QED) is 0.336. The molecule has 114 valence electrons. The predicted molar refractivity (Wildman–Crippen MR) is 69.2 cm³/mol. The second-order valence-electron chi connectivity index (χ2n) is 4.42. The number of nitrogens with two attached hydrogens (primary N) is 2. The summed E-state index contributed by atoms with van der Waals surface area (Å²) in [6, 6.07) is -2.87. The molecule has 0 rings (SSSR count). The van der Waals surface area contributed by atoms with Crippen LogP contribution in [0.25, 0.3) is 0 Å². The molecule has 0 fully saturated rings. The first-order chi connectivity index (χ1) is 9.15. The van der Waals surface area contributed by atoms with Crippen molar-refractivity contribution in [3.05, 3.63) is 0 Å². The summed E-state index contributed by atoms with van der Waals surface area (Å²) in [5.74, 6) is -3.08. The van der Waals surface area contributed by atoms with Gasteiger partial charge in [0.1, 0.15) is 12.1 Å². The third-order valence-corrected chi connectivity index (χ3v) is 2.48. The second-order valence-corrected chi connectivity index (χ2v) is 4.42. The highest BCUT2D eigenvalue weighted by molar-refractivity contribution is 5.89. The third-order valence-electron chi connectivity index (χ3n) is 2.48. The van der Waals surface area contributed by atoms with E-state index in [1.54, 1.807) is 0 Å². The van der Waals surface area contributed by atoms with E-state index < -0.39 is 41.8 Å². The number of carboxylic acid groups (broad SMARTS) is 1. The molecular weight excluding hydrogens is 268 g/mol. The lowest BCUT2D eigenvalue weighted by molar-refractivity contribution is -0.141. The molecule has 0 saturated heterocycles. The Balaban J connectivity index is 4.35. The first-order valence-electron chi connectivity index (χ1n) is 6.02. The highest BCUT2D eigenvalue weighted by Gasteiger charge is 2.21. The van der Waals surface area contributed by atoms with Gasteiger partial charge in [-0.1, -0.05) is 0 Å². The highest BCUT2D eigenvalue weighted by Crippen LogP contribution is 1.99. The van der Waals surface area contributed by atoms with Gasteiger partial charge in [-0.25, -0.2) is 0 Å². The molecule has 9 heteroatoms. The van der Waals surface area contributed by atoms with E-state index in [9.17, 15) is 19.2 Å². The van der Waals surface area contributed by atoms with E-state index in [-0.39, 0.29) is 12.8 Å². The number of carbonyl (C=O) groups excluding carboxylic acids is 3. The normalized spacial score (nSPS) is 14.8. The van der Waals surface area contributed by atoms with Crippen LogP contribution in [0, 0.1) is 0 Å². The predicted octanol–water partition coefficient (Wildman–Crippen LogP) is -2.33. The van der Waals surface area contributed by atoms with Crippen molar-refractivity contribution in [3.8, 4) is 0 Å². The molecule has 0 aromatic carbocycles. The van der Waals surface area contributed by atoms with Crippen LogP contribution in [0.3, 0.4) is 0 Å². The molecule has 0 aromatic heterocycles. The molecule has 0 radical (unpaired) electrons. The van der Waals surface area contributed by atoms with Crippen molar-refractivity contribution >= 4 is 23.7 Å². The molecule has 0 unspecified atom stereocenters. The van der Waals surface area contributed by atoms with Crippen molar-refractivity contribution in [2.75, 3.05) is 0 Å². The van der Waals surface area contributed by atoms with Gasteiger partial charge in [0, 0.05) is 6.42 Å². The van der Waals surface area contributed by atoms with Gasteiger partial charge >= 0.3 is 5.97 Å². The molecule has 0 heterocycles. The Hall–Kier alpha value is -2.16. The molecule has 3 amide bonds. The first kappa shape index (κ1) is 17.8. The summed E-state index contributed by atoms with van der Waals surface area (Å²) < 4.78 is 0. The van der Waals surface area contributed by atoms with E-state index >= 15 is 0 Å². The zero-order valence-electron chi connectivity index (χ0n) is 11.4. The molecule has 9 nitrogen and oxygen atoms in total. The van der Waals surface area contributed by atoms with Crippen molar-refractivity contribution in [3.63, 3.8) is 0 Å². The van der Waals surface area contributed by atoms with Gasteiger partial charge in [0.05, 0.1) is 6.04 Å². The minimum absolute atomic E-state index is 0.0357. The van der Waals surface area contributed by atoms with Crippen LogP contribution in [0.2, 0.25) is 0 Å². The minimum atomic E-state index is -1.17. The van der Waals surface area contributed by atoms with Crippen LogP contribution in [0.5, 0.6) is 0 Å². The Morgan fingerprint density at radius 3 is 2.10 bits per heavy atom. The number of hydrogen-bond acceptors (Lipinski definition) is 5. The lowest BCUT2D eigenvalue weighted by Gasteiger charge is -2.17. The molecule has 3 atom stereocenters. The molecule has 0 bridgehead atoms. The van der Waals surface area contributed by atoms with Gasteiger partial charge in [-0.2, -0.15) is 0 Å². The van der Waals surface area contributed by atoms with Crippen LogP contribution in [0.4, 0.5) is 0 Å². The molecular formula is C11H20N4O5. The summed E-state index contributed by atoms with van der Waals surface area (Å²) in [6.07, 6.45) is -0.184. The molecule has 0 aliphatic rings. The number of aliphatic carboxylic acids is 1. The molecule has 0 aliphatic heterocycles.